The number of carbonyl (C=O) groups is 1. The SMILES string of the molecule is CC1(C)CC(=O)c2[nH]c3ccc(Br)cc3c2C1.CC1(C)CCc2[nH]c3ccc(Br)cc3c2C1.CC1(C)Cc2c([nH]c3ccc(Br)cc23)C(N)C1.CC1(C)Cc2c([nH]c3ccc(Br)cc23)C(N)C1.Cl.NNc1ccc(Br)cc1. The molecule has 5 aromatic carbocycles. The fourth-order valence-corrected chi connectivity index (χ4v) is 13.7. The van der Waals surface area contributed by atoms with Crippen LogP contribution in [-0.4, -0.2) is 25.7 Å². The number of aromatic amines is 4. The second kappa shape index (κ2) is 23.4. The van der Waals surface area contributed by atoms with Gasteiger partial charge in [0, 0.05) is 107 Å². The first-order chi connectivity index (χ1) is 35.8. The molecule has 9 nitrogen and oxygen atoms in total. The number of ketones is 1. The quantitative estimate of drug-likeness (QED) is 0.0603. The number of nitrogens with one attached hydrogen (secondary N) is 5. The van der Waals surface area contributed by atoms with Crippen molar-refractivity contribution in [3.05, 3.63) is 164 Å². The van der Waals surface area contributed by atoms with Crippen LogP contribution in [0.2, 0.25) is 0 Å². The average molecular weight is 1380 g/mol. The van der Waals surface area contributed by atoms with Gasteiger partial charge in [0.2, 0.25) is 0 Å². The lowest BCUT2D eigenvalue weighted by atomic mass is 9.74. The van der Waals surface area contributed by atoms with Crippen molar-refractivity contribution >= 4 is 147 Å². The Morgan fingerprint density at radius 1 is 0.468 bits per heavy atom. The molecule has 0 bridgehead atoms. The monoisotopic (exact) mass is 1370 g/mol. The molecule has 0 radical (unpaired) electrons. The van der Waals surface area contributed by atoms with Crippen molar-refractivity contribution in [3.63, 3.8) is 0 Å². The predicted octanol–water partition coefficient (Wildman–Crippen LogP) is 18.5. The molecule has 2 atom stereocenters. The topological polar surface area (TPSA) is 170 Å². The number of halogens is 6. The summed E-state index contributed by atoms with van der Waals surface area (Å²) < 4.78 is 5.54. The molecule has 0 saturated heterocycles. The number of nitrogens with two attached hydrogens (primary N) is 3. The Morgan fingerprint density at radius 3 is 1.30 bits per heavy atom. The first-order valence-electron chi connectivity index (χ1n) is 26.2. The van der Waals surface area contributed by atoms with Gasteiger partial charge in [-0.1, -0.05) is 135 Å². The zero-order chi connectivity index (χ0) is 54.6. The van der Waals surface area contributed by atoms with Gasteiger partial charge in [0.15, 0.2) is 5.78 Å². The fraction of sp³-hybridized carbons (Fsp3) is 0.371. The van der Waals surface area contributed by atoms with Gasteiger partial charge in [0.05, 0.1) is 5.69 Å². The summed E-state index contributed by atoms with van der Waals surface area (Å²) in [6.45, 7) is 18.2. The molecule has 4 aromatic heterocycles. The molecule has 0 aliphatic heterocycles. The summed E-state index contributed by atoms with van der Waals surface area (Å²) in [7, 11) is 0. The maximum absolute atomic E-state index is 12.1. The minimum atomic E-state index is 0. The van der Waals surface area contributed by atoms with Crippen molar-refractivity contribution in [1.82, 2.24) is 19.9 Å². The van der Waals surface area contributed by atoms with E-state index in [1.807, 2.05) is 36.4 Å². The van der Waals surface area contributed by atoms with E-state index in [0.717, 1.165) is 66.9 Å². The van der Waals surface area contributed by atoms with Gasteiger partial charge in [-0.2, -0.15) is 0 Å². The van der Waals surface area contributed by atoms with Crippen LogP contribution in [0.4, 0.5) is 5.69 Å². The van der Waals surface area contributed by atoms with E-state index >= 15 is 0 Å². The largest absolute Gasteiger partial charge is 0.358 e. The van der Waals surface area contributed by atoms with Gasteiger partial charge in [0.1, 0.15) is 0 Å². The van der Waals surface area contributed by atoms with E-state index in [1.165, 1.54) is 101 Å². The Morgan fingerprint density at radius 2 is 0.844 bits per heavy atom. The molecule has 11 N–H and O–H groups in total. The van der Waals surface area contributed by atoms with E-state index in [9.17, 15) is 4.79 Å². The van der Waals surface area contributed by atoms with Gasteiger partial charge in [0.25, 0.3) is 0 Å². The minimum absolute atomic E-state index is 0. The fourth-order valence-electron chi connectivity index (χ4n) is 12.0. The Bertz CT molecular complexity index is 3500. The van der Waals surface area contributed by atoms with Crippen LogP contribution in [0.1, 0.15) is 143 Å². The minimum Gasteiger partial charge on any atom is -0.358 e. The average Bonchev–Trinajstić information content (AvgIpc) is 4.11. The molecule has 0 amide bonds. The summed E-state index contributed by atoms with van der Waals surface area (Å²) >= 11 is 17.4. The third-order valence-corrected chi connectivity index (χ3v) is 18.0. The van der Waals surface area contributed by atoms with E-state index in [2.05, 4.69) is 221 Å². The number of fused-ring (bicyclic) bond motifs is 12. The number of anilines is 1. The summed E-state index contributed by atoms with van der Waals surface area (Å²) in [6, 6.07) is 33.3. The molecular formula is C62H72Br5ClN8O. The molecule has 4 aliphatic carbocycles. The summed E-state index contributed by atoms with van der Waals surface area (Å²) in [5, 5.41) is 5.21. The second-order valence-corrected chi connectivity index (χ2v) is 29.2. The molecule has 9 aromatic rings. The number of aryl methyl sites for hydroxylation is 1. The third kappa shape index (κ3) is 13.7. The lowest BCUT2D eigenvalue weighted by Gasteiger charge is -2.33. The number of rotatable bonds is 1. The van der Waals surface area contributed by atoms with E-state index in [0.29, 0.717) is 22.7 Å². The standard InChI is InChI=1S/2C14H17BrN2.C14H14BrNO.C14H16BrN.C6H7BrN2.ClH/c2*1-14(2)6-10-9-5-8(15)3-4-12(9)17-13(10)11(16)7-14;1-14(2)6-10-9-5-8(15)3-4-11(9)16-13(10)12(17)7-14;1-14(2)6-5-13-11(8-14)10-7-9(15)3-4-12(10)16-13;7-5-1-3-6(9-8)4-2-5;/h2*3-5,11,17H,6-7,16H2,1-2H3;3-5,16H,6-7H2,1-2H3;3-4,7,16H,5-6,8H2,1-2H3;1-4,9H,8H2;1H. The number of hydrogen-bond acceptors (Lipinski definition) is 5. The molecule has 15 heteroatoms. The van der Waals surface area contributed by atoms with Crippen molar-refractivity contribution in [1.29, 1.82) is 0 Å². The lowest BCUT2D eigenvalue weighted by Crippen LogP contribution is -2.29. The summed E-state index contributed by atoms with van der Waals surface area (Å²) in [5.74, 6) is 5.37. The molecule has 0 fully saturated rings. The van der Waals surface area contributed by atoms with Gasteiger partial charge in [-0.15, -0.1) is 12.4 Å². The van der Waals surface area contributed by atoms with E-state index in [-0.39, 0.29) is 35.7 Å². The third-order valence-electron chi connectivity index (χ3n) is 15.5. The van der Waals surface area contributed by atoms with E-state index in [1.54, 1.807) is 0 Å². The Kier molecular flexibility index (Phi) is 18.1. The first kappa shape index (κ1) is 59.4. The highest BCUT2D eigenvalue weighted by atomic mass is 79.9. The van der Waals surface area contributed by atoms with E-state index < -0.39 is 0 Å². The van der Waals surface area contributed by atoms with Crippen molar-refractivity contribution in [3.8, 4) is 0 Å². The highest BCUT2D eigenvalue weighted by Crippen LogP contribution is 2.45. The van der Waals surface area contributed by atoms with Gasteiger partial charge in [-0.25, -0.2) is 0 Å². The predicted molar refractivity (Wildman–Crippen MR) is 343 cm³/mol. The molecule has 4 aliphatic rings. The number of carbonyl (C=O) groups excluding carboxylic acids is 1. The number of hydrogen-bond donors (Lipinski definition) is 8. The smallest absolute Gasteiger partial charge is 0.179 e. The molecule has 4 heterocycles. The first-order valence-corrected chi connectivity index (χ1v) is 30.2. The Balaban J connectivity index is 0.000000129. The zero-order valence-corrected chi connectivity index (χ0v) is 53.9. The zero-order valence-electron chi connectivity index (χ0n) is 45.2. The maximum Gasteiger partial charge on any atom is 0.179 e. The number of nitrogen functional groups attached to an aromatic ring is 1. The summed E-state index contributed by atoms with van der Waals surface area (Å²) in [5.41, 5.74) is 32.1. The van der Waals surface area contributed by atoms with Crippen LogP contribution >= 0.6 is 92.1 Å². The number of benzene rings is 5. The van der Waals surface area contributed by atoms with Crippen LogP contribution in [0.15, 0.2) is 119 Å². The van der Waals surface area contributed by atoms with Crippen LogP contribution in [0.3, 0.4) is 0 Å². The summed E-state index contributed by atoms with van der Waals surface area (Å²) in [4.78, 5) is 25.9. The van der Waals surface area contributed by atoms with Crippen LogP contribution in [-0.2, 0) is 32.1 Å². The highest BCUT2D eigenvalue weighted by molar-refractivity contribution is 9.11. The molecule has 0 saturated carbocycles. The van der Waals surface area contributed by atoms with Gasteiger partial charge in [-0.05, 0) is 192 Å². The van der Waals surface area contributed by atoms with Gasteiger partial charge < -0.3 is 36.8 Å². The van der Waals surface area contributed by atoms with Crippen LogP contribution in [0.5, 0.6) is 0 Å². The van der Waals surface area contributed by atoms with Crippen molar-refractivity contribution in [2.75, 3.05) is 5.43 Å². The van der Waals surface area contributed by atoms with Crippen molar-refractivity contribution < 1.29 is 4.79 Å². The van der Waals surface area contributed by atoms with Crippen LogP contribution < -0.4 is 22.7 Å². The van der Waals surface area contributed by atoms with Crippen LogP contribution in [0, 0.1) is 21.7 Å². The highest BCUT2D eigenvalue weighted by Gasteiger charge is 2.36. The molecule has 0 spiro atoms. The van der Waals surface area contributed by atoms with Crippen LogP contribution in [0.25, 0.3) is 43.6 Å². The van der Waals surface area contributed by atoms with Crippen molar-refractivity contribution in [2.24, 2.45) is 39.0 Å². The molecule has 2 unspecified atom stereocenters. The molecule has 77 heavy (non-hydrogen) atoms. The Labute approximate surface area is 501 Å². The van der Waals surface area contributed by atoms with Crippen molar-refractivity contribution in [2.45, 2.75) is 125 Å². The molecule has 13 rings (SSSR count). The van der Waals surface area contributed by atoms with Gasteiger partial charge in [-0.3, -0.25) is 10.6 Å². The summed E-state index contributed by atoms with van der Waals surface area (Å²) in [6.07, 6.45) is 9.57. The normalized spacial score (nSPS) is 19.0. The number of Topliss-reactive ketones (excluding diaryl/α,β-unsaturated/α-hetero) is 1. The second-order valence-electron chi connectivity index (χ2n) is 24.6. The lowest BCUT2D eigenvalue weighted by molar-refractivity contribution is 0.0908. The number of aromatic nitrogens is 4. The number of hydrazine groups is 1. The maximum atomic E-state index is 12.1. The van der Waals surface area contributed by atoms with Gasteiger partial charge >= 0.3 is 0 Å². The Hall–Kier alpha value is -3.70. The van der Waals surface area contributed by atoms with E-state index in [4.69, 9.17) is 17.3 Å². The molecule has 408 valence electrons. The molecular weight excluding hydrogens is 1310 g/mol. The number of H-pyrrole nitrogens is 4.